The molecule has 0 aromatic carbocycles. The lowest BCUT2D eigenvalue weighted by molar-refractivity contribution is -0.277. The van der Waals surface area contributed by atoms with Crippen molar-refractivity contribution in [3.05, 3.63) is 17.9 Å². The highest BCUT2D eigenvalue weighted by atomic mass is 16.7. The number of ether oxygens (including phenoxy) is 4. The summed E-state index contributed by atoms with van der Waals surface area (Å²) in [6.45, 7) is 11.2. The molecule has 5 atom stereocenters. The van der Waals surface area contributed by atoms with Crippen molar-refractivity contribution in [2.45, 2.75) is 60.0 Å². The predicted molar refractivity (Wildman–Crippen MR) is 92.6 cm³/mol. The molecule has 1 aliphatic heterocycles. The van der Waals surface area contributed by atoms with E-state index in [0.717, 1.165) is 0 Å². The van der Waals surface area contributed by atoms with Gasteiger partial charge in [0.2, 0.25) is 0 Å². The molecule has 1 saturated heterocycles. The van der Waals surface area contributed by atoms with Crippen LogP contribution in [0.4, 0.5) is 0 Å². The lowest BCUT2D eigenvalue weighted by atomic mass is 9.83. The van der Waals surface area contributed by atoms with Crippen molar-refractivity contribution in [1.82, 2.24) is 0 Å². The first-order valence-electron chi connectivity index (χ1n) is 8.71. The van der Waals surface area contributed by atoms with Gasteiger partial charge in [-0.1, -0.05) is 27.7 Å². The van der Waals surface area contributed by atoms with Crippen molar-refractivity contribution in [2.24, 2.45) is 17.8 Å². The Labute approximate surface area is 150 Å². The highest BCUT2D eigenvalue weighted by Crippen LogP contribution is 2.33. The molecule has 0 aromatic heterocycles. The van der Waals surface area contributed by atoms with E-state index in [9.17, 15) is 9.59 Å². The minimum absolute atomic E-state index is 0.00149. The van der Waals surface area contributed by atoms with Crippen LogP contribution in [0.1, 0.15) is 41.5 Å². The lowest BCUT2D eigenvalue weighted by Gasteiger charge is -2.43. The Balaban J connectivity index is 2.79. The smallest absolute Gasteiger partial charge is 0.303 e. The van der Waals surface area contributed by atoms with Crippen LogP contribution in [0.15, 0.2) is 17.9 Å². The van der Waals surface area contributed by atoms with Crippen LogP contribution in [0.5, 0.6) is 0 Å². The maximum Gasteiger partial charge on any atom is 0.303 e. The Morgan fingerprint density at radius 3 is 2.40 bits per heavy atom. The van der Waals surface area contributed by atoms with Gasteiger partial charge in [-0.25, -0.2) is 0 Å². The van der Waals surface area contributed by atoms with Crippen LogP contribution in [-0.2, 0) is 28.5 Å². The molecular formula is C19H30O6. The van der Waals surface area contributed by atoms with Gasteiger partial charge in [-0.2, -0.15) is 0 Å². The number of esters is 2. The molecule has 6 heteroatoms. The molecule has 1 fully saturated rings. The molecule has 0 aliphatic carbocycles. The fraction of sp³-hybridized carbons (Fsp3) is 0.737. The predicted octanol–water partition coefficient (Wildman–Crippen LogP) is 2.86. The summed E-state index contributed by atoms with van der Waals surface area (Å²) in [4.78, 5) is 22.5. The van der Waals surface area contributed by atoms with Gasteiger partial charge in [0.05, 0.1) is 12.7 Å². The van der Waals surface area contributed by atoms with E-state index in [-0.39, 0.29) is 43.1 Å². The van der Waals surface area contributed by atoms with Crippen molar-refractivity contribution >= 4 is 11.9 Å². The molecule has 5 unspecified atom stereocenters. The Hall–Kier alpha value is -1.62. The van der Waals surface area contributed by atoms with E-state index >= 15 is 0 Å². The van der Waals surface area contributed by atoms with Gasteiger partial charge in [0.25, 0.3) is 0 Å². The Kier molecular flexibility index (Phi) is 8.90. The largest absolute Gasteiger partial charge is 0.463 e. The van der Waals surface area contributed by atoms with Gasteiger partial charge in [0.15, 0.2) is 12.4 Å². The van der Waals surface area contributed by atoms with Crippen LogP contribution in [-0.4, -0.2) is 43.7 Å². The molecule has 0 aromatic rings. The summed E-state index contributed by atoms with van der Waals surface area (Å²) in [6.07, 6.45) is 2.16. The van der Waals surface area contributed by atoms with Gasteiger partial charge in [-0.05, 0) is 24.0 Å². The standard InChI is InChI=1S/C19H30O6/c1-12(2)9-7-8-10-22-19-18(24-16(6)21)14(4)13(3)17(25-19)11-23-15(5)20/h8-9,12-14,17-19H,10-11H2,1-6H3. The second kappa shape index (κ2) is 10.4. The van der Waals surface area contributed by atoms with E-state index in [4.69, 9.17) is 18.9 Å². The first kappa shape index (κ1) is 21.4. The molecule has 0 spiro atoms. The molecule has 25 heavy (non-hydrogen) atoms. The third-order valence-corrected chi connectivity index (χ3v) is 4.16. The summed E-state index contributed by atoms with van der Waals surface area (Å²) in [5, 5.41) is 0. The van der Waals surface area contributed by atoms with E-state index in [1.807, 2.05) is 19.9 Å². The lowest BCUT2D eigenvalue weighted by Crippen LogP contribution is -2.53. The zero-order valence-electron chi connectivity index (χ0n) is 16.0. The van der Waals surface area contributed by atoms with Crippen molar-refractivity contribution in [3.63, 3.8) is 0 Å². The molecule has 0 N–H and O–H groups in total. The second-order valence-corrected chi connectivity index (χ2v) is 6.75. The zero-order valence-corrected chi connectivity index (χ0v) is 16.0. The van der Waals surface area contributed by atoms with E-state index in [1.165, 1.54) is 13.8 Å². The topological polar surface area (TPSA) is 71.1 Å². The first-order valence-corrected chi connectivity index (χ1v) is 8.71. The van der Waals surface area contributed by atoms with E-state index in [0.29, 0.717) is 5.92 Å². The Morgan fingerprint density at radius 2 is 1.84 bits per heavy atom. The van der Waals surface area contributed by atoms with Gasteiger partial charge in [0, 0.05) is 19.8 Å². The third kappa shape index (κ3) is 7.43. The van der Waals surface area contributed by atoms with Crippen LogP contribution < -0.4 is 0 Å². The van der Waals surface area contributed by atoms with Crippen LogP contribution in [0.2, 0.25) is 0 Å². The number of carbonyl (C=O) groups is 2. The maximum absolute atomic E-state index is 11.4. The molecule has 0 saturated carbocycles. The van der Waals surface area contributed by atoms with Gasteiger partial charge >= 0.3 is 11.9 Å². The summed E-state index contributed by atoms with van der Waals surface area (Å²) in [5.74, 6) is -0.289. The monoisotopic (exact) mass is 354 g/mol. The average Bonchev–Trinajstić information content (AvgIpc) is 2.51. The summed E-state index contributed by atoms with van der Waals surface area (Å²) in [6, 6.07) is 0. The van der Waals surface area contributed by atoms with Crippen LogP contribution >= 0.6 is 0 Å². The first-order chi connectivity index (χ1) is 11.7. The van der Waals surface area contributed by atoms with Crippen molar-refractivity contribution in [2.75, 3.05) is 13.2 Å². The zero-order chi connectivity index (χ0) is 19.0. The summed E-state index contributed by atoms with van der Waals surface area (Å²) in [7, 11) is 0. The van der Waals surface area contributed by atoms with Crippen LogP contribution in [0.3, 0.4) is 0 Å². The fourth-order valence-electron chi connectivity index (χ4n) is 2.59. The maximum atomic E-state index is 11.4. The molecular weight excluding hydrogens is 324 g/mol. The molecule has 6 nitrogen and oxygen atoms in total. The third-order valence-electron chi connectivity index (χ3n) is 4.16. The molecule has 0 bridgehead atoms. The molecule has 0 radical (unpaired) electrons. The second-order valence-electron chi connectivity index (χ2n) is 6.75. The van der Waals surface area contributed by atoms with Gasteiger partial charge in [-0.15, -0.1) is 5.73 Å². The molecule has 142 valence electrons. The van der Waals surface area contributed by atoms with Gasteiger partial charge < -0.3 is 18.9 Å². The highest BCUT2D eigenvalue weighted by Gasteiger charge is 2.44. The minimum atomic E-state index is -0.715. The fourth-order valence-corrected chi connectivity index (χ4v) is 2.59. The van der Waals surface area contributed by atoms with Crippen molar-refractivity contribution in [3.8, 4) is 0 Å². The number of hydrogen-bond donors (Lipinski definition) is 0. The quantitative estimate of drug-likeness (QED) is 0.517. The van der Waals surface area contributed by atoms with Crippen molar-refractivity contribution in [1.29, 1.82) is 0 Å². The molecule has 0 amide bonds. The normalized spacial score (nSPS) is 28.8. The molecule has 1 rings (SSSR count). The van der Waals surface area contributed by atoms with E-state index in [1.54, 1.807) is 6.08 Å². The Bertz CT molecular complexity index is 504. The van der Waals surface area contributed by atoms with Crippen LogP contribution in [0, 0.1) is 17.8 Å². The number of rotatable bonds is 7. The number of carbonyl (C=O) groups excluding carboxylic acids is 2. The summed E-state index contributed by atoms with van der Waals surface area (Å²) >= 11 is 0. The van der Waals surface area contributed by atoms with Gasteiger partial charge in [0.1, 0.15) is 6.61 Å². The minimum Gasteiger partial charge on any atom is -0.463 e. The van der Waals surface area contributed by atoms with Gasteiger partial charge in [-0.3, -0.25) is 9.59 Å². The molecule has 1 aliphatic rings. The average molecular weight is 354 g/mol. The van der Waals surface area contributed by atoms with E-state index < -0.39 is 12.4 Å². The summed E-state index contributed by atoms with van der Waals surface area (Å²) < 4.78 is 22.2. The van der Waals surface area contributed by atoms with Crippen molar-refractivity contribution < 1.29 is 28.5 Å². The Morgan fingerprint density at radius 1 is 1.16 bits per heavy atom. The van der Waals surface area contributed by atoms with Crippen LogP contribution in [0.25, 0.3) is 0 Å². The van der Waals surface area contributed by atoms with E-state index in [2.05, 4.69) is 19.6 Å². The SMILES string of the molecule is CC(=O)OCC1OC(OCC=C=CC(C)C)C(OC(C)=O)C(C)C1C. The highest BCUT2D eigenvalue weighted by molar-refractivity contribution is 5.66. The molecule has 1 heterocycles. The number of hydrogen-bond acceptors (Lipinski definition) is 6. The summed E-state index contributed by atoms with van der Waals surface area (Å²) in [5.41, 5.74) is 3.04.